The van der Waals surface area contributed by atoms with E-state index in [1.807, 2.05) is 0 Å². The summed E-state index contributed by atoms with van der Waals surface area (Å²) in [6.07, 6.45) is 5.26. The summed E-state index contributed by atoms with van der Waals surface area (Å²) in [6.45, 7) is 1.57. The number of anilines is 1. The number of cyclic esters (lactones) is 1. The van der Waals surface area contributed by atoms with Crippen molar-refractivity contribution in [3.8, 4) is 12.3 Å². The SMILES string of the molecule is C#CC(CO)(OC)[C@@H](C)Cn1cnc2c(NC(=O)[C@H]3CCC(=O)O3)nc(F)nc21. The van der Waals surface area contributed by atoms with Gasteiger partial charge < -0.3 is 24.5 Å². The normalized spacial score (nSPS) is 19.4. The first-order chi connectivity index (χ1) is 13.8. The van der Waals surface area contributed by atoms with E-state index >= 15 is 0 Å². The molecule has 3 atom stereocenters. The van der Waals surface area contributed by atoms with Crippen LogP contribution in [0.4, 0.5) is 10.2 Å². The molecule has 2 N–H and O–H groups in total. The Bertz CT molecular complexity index is 981. The van der Waals surface area contributed by atoms with E-state index in [9.17, 15) is 19.1 Å². The third-order valence-corrected chi connectivity index (χ3v) is 4.97. The van der Waals surface area contributed by atoms with E-state index in [1.54, 1.807) is 6.92 Å². The number of nitrogens with one attached hydrogen (secondary N) is 1. The first-order valence-corrected chi connectivity index (χ1v) is 8.86. The van der Waals surface area contributed by atoms with Crippen LogP contribution >= 0.6 is 0 Å². The van der Waals surface area contributed by atoms with Gasteiger partial charge in [0, 0.05) is 32.4 Å². The van der Waals surface area contributed by atoms with Crippen LogP contribution in [0.1, 0.15) is 19.8 Å². The van der Waals surface area contributed by atoms with Crippen molar-refractivity contribution in [3.63, 3.8) is 0 Å². The predicted molar refractivity (Wildman–Crippen MR) is 97.8 cm³/mol. The molecule has 1 amide bonds. The van der Waals surface area contributed by atoms with Crippen LogP contribution in [0.2, 0.25) is 0 Å². The quantitative estimate of drug-likeness (QED) is 0.381. The number of ether oxygens (including phenoxy) is 2. The number of halogens is 1. The molecule has 154 valence electrons. The zero-order valence-electron chi connectivity index (χ0n) is 15.9. The molecule has 2 aromatic rings. The third kappa shape index (κ3) is 3.90. The van der Waals surface area contributed by atoms with Crippen molar-refractivity contribution in [3.05, 3.63) is 12.4 Å². The van der Waals surface area contributed by atoms with Gasteiger partial charge in [-0.15, -0.1) is 6.42 Å². The van der Waals surface area contributed by atoms with Crippen LogP contribution in [-0.4, -0.2) is 61.9 Å². The van der Waals surface area contributed by atoms with Crippen molar-refractivity contribution in [2.24, 2.45) is 5.92 Å². The number of carbonyl (C=O) groups excluding carboxylic acids is 2. The number of nitrogens with zero attached hydrogens (tertiary/aromatic N) is 4. The second-order valence-corrected chi connectivity index (χ2v) is 6.71. The molecule has 0 aromatic carbocycles. The molecule has 11 heteroatoms. The summed E-state index contributed by atoms with van der Waals surface area (Å²) in [5, 5.41) is 12.1. The molecule has 0 radical (unpaired) electrons. The maximum absolute atomic E-state index is 14.0. The number of hydrogen-bond donors (Lipinski definition) is 2. The molecule has 1 aliphatic heterocycles. The molecule has 0 aliphatic carbocycles. The van der Waals surface area contributed by atoms with E-state index in [2.05, 4.69) is 26.2 Å². The molecular formula is C18H20FN5O5. The molecular weight excluding hydrogens is 385 g/mol. The number of carbonyl (C=O) groups is 2. The Labute approximate surface area is 165 Å². The maximum Gasteiger partial charge on any atom is 0.312 e. The van der Waals surface area contributed by atoms with E-state index in [0.717, 1.165) is 0 Å². The van der Waals surface area contributed by atoms with Crippen molar-refractivity contribution in [2.75, 3.05) is 19.0 Å². The molecule has 3 rings (SSSR count). The molecule has 1 saturated heterocycles. The van der Waals surface area contributed by atoms with Gasteiger partial charge in [-0.2, -0.15) is 14.4 Å². The van der Waals surface area contributed by atoms with Crippen LogP contribution in [0.3, 0.4) is 0 Å². The molecule has 1 unspecified atom stereocenters. The van der Waals surface area contributed by atoms with Crippen molar-refractivity contribution in [2.45, 2.75) is 38.0 Å². The van der Waals surface area contributed by atoms with Crippen molar-refractivity contribution in [1.29, 1.82) is 0 Å². The Kier molecular flexibility index (Phi) is 5.76. The van der Waals surface area contributed by atoms with Crippen LogP contribution in [0, 0.1) is 24.3 Å². The van der Waals surface area contributed by atoms with Crippen LogP contribution in [0.25, 0.3) is 11.2 Å². The maximum atomic E-state index is 14.0. The summed E-state index contributed by atoms with van der Waals surface area (Å²) in [7, 11) is 1.39. The van der Waals surface area contributed by atoms with E-state index in [-0.39, 0.29) is 42.3 Å². The number of imidazole rings is 1. The lowest BCUT2D eigenvalue weighted by Gasteiger charge is -2.31. The van der Waals surface area contributed by atoms with Crippen molar-refractivity contribution >= 4 is 28.9 Å². The van der Waals surface area contributed by atoms with E-state index in [4.69, 9.17) is 15.9 Å². The highest BCUT2D eigenvalue weighted by molar-refractivity contribution is 6.00. The summed E-state index contributed by atoms with van der Waals surface area (Å²) in [5.41, 5.74) is -0.946. The Morgan fingerprint density at radius 1 is 1.62 bits per heavy atom. The second-order valence-electron chi connectivity index (χ2n) is 6.71. The monoisotopic (exact) mass is 405 g/mol. The lowest BCUT2D eigenvalue weighted by atomic mass is 9.90. The first kappa shape index (κ1) is 20.6. The van der Waals surface area contributed by atoms with Crippen molar-refractivity contribution < 1.29 is 28.6 Å². The summed E-state index contributed by atoms with van der Waals surface area (Å²) in [6, 6.07) is 0. The number of amides is 1. The van der Waals surface area contributed by atoms with Gasteiger partial charge in [0.25, 0.3) is 5.91 Å². The average molecular weight is 405 g/mol. The highest BCUT2D eigenvalue weighted by Crippen LogP contribution is 2.26. The number of esters is 1. The number of terminal acetylenes is 1. The van der Waals surface area contributed by atoms with E-state index in [1.165, 1.54) is 18.0 Å². The molecule has 2 aromatic heterocycles. The molecule has 10 nitrogen and oxygen atoms in total. The van der Waals surface area contributed by atoms with Crippen LogP contribution in [-0.2, 0) is 25.6 Å². The number of aliphatic hydroxyl groups is 1. The van der Waals surface area contributed by atoms with Gasteiger partial charge in [0.2, 0.25) is 0 Å². The molecule has 3 heterocycles. The molecule has 0 spiro atoms. The summed E-state index contributed by atoms with van der Waals surface area (Å²) in [5.74, 6) is 0.840. The minimum absolute atomic E-state index is 0.128. The van der Waals surface area contributed by atoms with Gasteiger partial charge in [0.05, 0.1) is 12.9 Å². The van der Waals surface area contributed by atoms with Crippen LogP contribution < -0.4 is 5.32 Å². The first-order valence-electron chi connectivity index (χ1n) is 8.86. The van der Waals surface area contributed by atoms with E-state index in [0.29, 0.717) is 0 Å². The average Bonchev–Trinajstić information content (AvgIpc) is 3.30. The summed E-state index contributed by atoms with van der Waals surface area (Å²) in [4.78, 5) is 35.0. The standard InChI is InChI=1S/C18H20FN5O5/c1-4-18(8-25,28-3)10(2)7-24-9-20-13-14(22-17(19)23-15(13)24)21-16(27)11-5-6-12(26)29-11/h1,9-11,25H,5-8H2,2-3H3,(H,21,22,23,27)/t10-,11+,18?/m0/s1. The number of methoxy groups -OCH3 is 1. The Balaban J connectivity index is 1.88. The Morgan fingerprint density at radius 3 is 2.97 bits per heavy atom. The number of aromatic nitrogens is 4. The lowest BCUT2D eigenvalue weighted by Crippen LogP contribution is -2.42. The zero-order chi connectivity index (χ0) is 21.2. The third-order valence-electron chi connectivity index (χ3n) is 4.97. The fourth-order valence-electron chi connectivity index (χ4n) is 3.16. The Morgan fingerprint density at radius 2 is 2.38 bits per heavy atom. The summed E-state index contributed by atoms with van der Waals surface area (Å²) >= 11 is 0. The van der Waals surface area contributed by atoms with Crippen LogP contribution in [0.15, 0.2) is 6.33 Å². The Hall–Kier alpha value is -3.10. The predicted octanol–water partition coefficient (Wildman–Crippen LogP) is 0.256. The van der Waals surface area contributed by atoms with Crippen LogP contribution in [0.5, 0.6) is 0 Å². The number of rotatable bonds is 7. The van der Waals surface area contributed by atoms with Gasteiger partial charge in [-0.05, 0) is 0 Å². The molecule has 0 bridgehead atoms. The fourth-order valence-corrected chi connectivity index (χ4v) is 3.16. The van der Waals surface area contributed by atoms with Gasteiger partial charge in [0.1, 0.15) is 0 Å². The van der Waals surface area contributed by atoms with E-state index < -0.39 is 36.3 Å². The summed E-state index contributed by atoms with van der Waals surface area (Å²) < 4.78 is 25.7. The fraction of sp³-hybridized carbons (Fsp3) is 0.500. The number of aliphatic hydroxyl groups excluding tert-OH is 1. The highest BCUT2D eigenvalue weighted by Gasteiger charge is 2.35. The van der Waals surface area contributed by atoms with Gasteiger partial charge >= 0.3 is 12.0 Å². The minimum atomic E-state index is -1.23. The van der Waals surface area contributed by atoms with Gasteiger partial charge in [-0.1, -0.05) is 12.8 Å². The van der Waals surface area contributed by atoms with Gasteiger partial charge in [0.15, 0.2) is 28.7 Å². The topological polar surface area (TPSA) is 128 Å². The largest absolute Gasteiger partial charge is 0.452 e. The number of fused-ring (bicyclic) bond motifs is 1. The molecule has 1 fully saturated rings. The minimum Gasteiger partial charge on any atom is -0.452 e. The van der Waals surface area contributed by atoms with Gasteiger partial charge in [-0.3, -0.25) is 9.59 Å². The zero-order valence-corrected chi connectivity index (χ0v) is 15.9. The van der Waals surface area contributed by atoms with Gasteiger partial charge in [-0.25, -0.2) is 4.98 Å². The smallest absolute Gasteiger partial charge is 0.312 e. The van der Waals surface area contributed by atoms with Crippen molar-refractivity contribution in [1.82, 2.24) is 19.5 Å². The molecule has 29 heavy (non-hydrogen) atoms. The molecule has 1 aliphatic rings. The second kappa shape index (κ2) is 8.10. The highest BCUT2D eigenvalue weighted by atomic mass is 19.1. The number of hydrogen-bond acceptors (Lipinski definition) is 8. The molecule has 0 saturated carbocycles. The lowest BCUT2D eigenvalue weighted by molar-refractivity contribution is -0.146.